The van der Waals surface area contributed by atoms with Gasteiger partial charge in [-0.15, -0.1) is 0 Å². The summed E-state index contributed by atoms with van der Waals surface area (Å²) in [6, 6.07) is 5.85. The van der Waals surface area contributed by atoms with Crippen LogP contribution in [0.25, 0.3) is 0 Å². The van der Waals surface area contributed by atoms with Crippen LogP contribution in [0, 0.1) is 6.92 Å². The van der Waals surface area contributed by atoms with Gasteiger partial charge in [-0.1, -0.05) is 13.0 Å². The molecule has 1 heterocycles. The SMILES string of the molecule is CCCNc1cc(C)ccc1C(=O)NCCn1ccnc1. The summed E-state index contributed by atoms with van der Waals surface area (Å²) in [5, 5.41) is 6.26. The van der Waals surface area contributed by atoms with Crippen LogP contribution in [0.15, 0.2) is 36.9 Å². The highest BCUT2D eigenvalue weighted by Gasteiger charge is 2.10. The van der Waals surface area contributed by atoms with Crippen LogP contribution in [0.3, 0.4) is 0 Å². The van der Waals surface area contributed by atoms with Crippen LogP contribution in [0.5, 0.6) is 0 Å². The van der Waals surface area contributed by atoms with Crippen LogP contribution in [-0.2, 0) is 6.54 Å². The quantitative estimate of drug-likeness (QED) is 0.822. The highest BCUT2D eigenvalue weighted by molar-refractivity contribution is 5.99. The van der Waals surface area contributed by atoms with E-state index in [0.29, 0.717) is 12.1 Å². The molecule has 0 aliphatic carbocycles. The zero-order chi connectivity index (χ0) is 15.1. The fraction of sp³-hybridized carbons (Fsp3) is 0.375. The molecule has 2 rings (SSSR count). The molecule has 2 N–H and O–H groups in total. The lowest BCUT2D eigenvalue weighted by atomic mass is 10.1. The minimum atomic E-state index is -0.0475. The summed E-state index contributed by atoms with van der Waals surface area (Å²) < 4.78 is 1.94. The van der Waals surface area contributed by atoms with E-state index in [1.54, 1.807) is 12.5 Å². The third-order valence-electron chi connectivity index (χ3n) is 3.20. The Hall–Kier alpha value is -2.30. The Bertz CT molecular complexity index is 578. The number of imidazole rings is 1. The van der Waals surface area contributed by atoms with Crippen molar-refractivity contribution in [3.8, 4) is 0 Å². The van der Waals surface area contributed by atoms with E-state index in [0.717, 1.165) is 30.8 Å². The number of carbonyl (C=O) groups is 1. The highest BCUT2D eigenvalue weighted by atomic mass is 16.1. The number of rotatable bonds is 7. The molecule has 2 aromatic rings. The number of benzene rings is 1. The van der Waals surface area contributed by atoms with Gasteiger partial charge < -0.3 is 15.2 Å². The number of hydrogen-bond donors (Lipinski definition) is 2. The smallest absolute Gasteiger partial charge is 0.253 e. The fourth-order valence-electron chi connectivity index (χ4n) is 2.07. The minimum Gasteiger partial charge on any atom is -0.384 e. The van der Waals surface area contributed by atoms with Crippen molar-refractivity contribution >= 4 is 11.6 Å². The molecular weight excluding hydrogens is 264 g/mol. The number of aryl methyl sites for hydroxylation is 1. The Labute approximate surface area is 125 Å². The van der Waals surface area contributed by atoms with Crippen molar-refractivity contribution in [2.75, 3.05) is 18.4 Å². The molecule has 0 aliphatic heterocycles. The van der Waals surface area contributed by atoms with Gasteiger partial charge in [-0.25, -0.2) is 4.98 Å². The Morgan fingerprint density at radius 3 is 2.90 bits per heavy atom. The molecule has 112 valence electrons. The van der Waals surface area contributed by atoms with Crippen molar-refractivity contribution in [1.82, 2.24) is 14.9 Å². The summed E-state index contributed by atoms with van der Waals surface area (Å²) in [4.78, 5) is 16.3. The van der Waals surface area contributed by atoms with Gasteiger partial charge in [-0.2, -0.15) is 0 Å². The first-order chi connectivity index (χ1) is 10.2. The van der Waals surface area contributed by atoms with Gasteiger partial charge >= 0.3 is 0 Å². The molecule has 0 atom stereocenters. The van der Waals surface area contributed by atoms with Gasteiger partial charge in [-0.3, -0.25) is 4.79 Å². The summed E-state index contributed by atoms with van der Waals surface area (Å²) in [6.07, 6.45) is 6.38. The highest BCUT2D eigenvalue weighted by Crippen LogP contribution is 2.17. The monoisotopic (exact) mass is 286 g/mol. The molecule has 0 saturated heterocycles. The van der Waals surface area contributed by atoms with Gasteiger partial charge in [0.15, 0.2) is 0 Å². The predicted molar refractivity (Wildman–Crippen MR) is 84.5 cm³/mol. The van der Waals surface area contributed by atoms with Crippen molar-refractivity contribution in [3.63, 3.8) is 0 Å². The molecule has 0 spiro atoms. The van der Waals surface area contributed by atoms with E-state index in [1.807, 2.05) is 35.9 Å². The van der Waals surface area contributed by atoms with Crippen LogP contribution in [-0.4, -0.2) is 28.5 Å². The summed E-state index contributed by atoms with van der Waals surface area (Å²) in [5.41, 5.74) is 2.74. The van der Waals surface area contributed by atoms with Gasteiger partial charge in [0.05, 0.1) is 11.9 Å². The molecule has 1 amide bonds. The molecule has 0 bridgehead atoms. The van der Waals surface area contributed by atoms with E-state index in [4.69, 9.17) is 0 Å². The molecule has 0 unspecified atom stereocenters. The predicted octanol–water partition coefficient (Wildman–Crippen LogP) is 2.44. The normalized spacial score (nSPS) is 10.4. The number of aromatic nitrogens is 2. The molecule has 1 aromatic heterocycles. The summed E-state index contributed by atoms with van der Waals surface area (Å²) in [7, 11) is 0. The Morgan fingerprint density at radius 1 is 1.33 bits per heavy atom. The number of anilines is 1. The van der Waals surface area contributed by atoms with E-state index in [2.05, 4.69) is 22.5 Å². The number of nitrogens with zero attached hydrogens (tertiary/aromatic N) is 2. The molecular formula is C16H22N4O. The maximum absolute atomic E-state index is 12.3. The number of nitrogens with one attached hydrogen (secondary N) is 2. The second kappa shape index (κ2) is 7.47. The Balaban J connectivity index is 1.97. The average Bonchev–Trinajstić information content (AvgIpc) is 2.98. The third-order valence-corrected chi connectivity index (χ3v) is 3.20. The van der Waals surface area contributed by atoms with E-state index < -0.39 is 0 Å². The maximum Gasteiger partial charge on any atom is 0.253 e. The van der Waals surface area contributed by atoms with Gasteiger partial charge in [-0.05, 0) is 31.0 Å². The molecule has 0 radical (unpaired) electrons. The second-order valence-electron chi connectivity index (χ2n) is 5.03. The standard InChI is InChI=1S/C16H22N4O/c1-3-6-18-15-11-13(2)4-5-14(15)16(21)19-8-10-20-9-7-17-12-20/h4-5,7,9,11-12,18H,3,6,8,10H2,1-2H3,(H,19,21). The van der Waals surface area contributed by atoms with E-state index in [9.17, 15) is 4.79 Å². The first-order valence-electron chi connectivity index (χ1n) is 7.29. The molecule has 21 heavy (non-hydrogen) atoms. The lowest BCUT2D eigenvalue weighted by Crippen LogP contribution is -2.27. The summed E-state index contributed by atoms with van der Waals surface area (Å²) >= 11 is 0. The van der Waals surface area contributed by atoms with Gasteiger partial charge in [0.25, 0.3) is 5.91 Å². The first-order valence-corrected chi connectivity index (χ1v) is 7.29. The fourth-order valence-corrected chi connectivity index (χ4v) is 2.07. The molecule has 0 fully saturated rings. The Morgan fingerprint density at radius 2 is 2.19 bits per heavy atom. The zero-order valence-corrected chi connectivity index (χ0v) is 12.6. The average molecular weight is 286 g/mol. The van der Waals surface area contributed by atoms with Crippen molar-refractivity contribution < 1.29 is 4.79 Å². The van der Waals surface area contributed by atoms with Crippen LogP contribution in [0.4, 0.5) is 5.69 Å². The van der Waals surface area contributed by atoms with E-state index in [-0.39, 0.29) is 5.91 Å². The van der Waals surface area contributed by atoms with Crippen molar-refractivity contribution in [3.05, 3.63) is 48.0 Å². The van der Waals surface area contributed by atoms with Crippen LogP contribution in [0.2, 0.25) is 0 Å². The van der Waals surface area contributed by atoms with Crippen LogP contribution >= 0.6 is 0 Å². The molecule has 1 aromatic carbocycles. The summed E-state index contributed by atoms with van der Waals surface area (Å²) in [5.74, 6) is -0.0475. The van der Waals surface area contributed by atoms with E-state index >= 15 is 0 Å². The number of carbonyl (C=O) groups excluding carboxylic acids is 1. The third kappa shape index (κ3) is 4.34. The van der Waals surface area contributed by atoms with Gasteiger partial charge in [0.1, 0.15) is 0 Å². The van der Waals surface area contributed by atoms with Crippen LogP contribution < -0.4 is 10.6 Å². The van der Waals surface area contributed by atoms with Crippen LogP contribution in [0.1, 0.15) is 29.3 Å². The largest absolute Gasteiger partial charge is 0.384 e. The van der Waals surface area contributed by atoms with Gasteiger partial charge in [0, 0.05) is 37.7 Å². The second-order valence-corrected chi connectivity index (χ2v) is 5.03. The van der Waals surface area contributed by atoms with Crippen molar-refractivity contribution in [2.45, 2.75) is 26.8 Å². The minimum absolute atomic E-state index is 0.0475. The molecule has 5 heteroatoms. The number of amides is 1. The zero-order valence-electron chi connectivity index (χ0n) is 12.6. The lowest BCUT2D eigenvalue weighted by Gasteiger charge is -2.13. The summed E-state index contributed by atoms with van der Waals surface area (Å²) in [6.45, 7) is 6.29. The van der Waals surface area contributed by atoms with E-state index in [1.165, 1.54) is 0 Å². The van der Waals surface area contributed by atoms with Crippen molar-refractivity contribution in [1.29, 1.82) is 0 Å². The first kappa shape index (κ1) is 15.1. The molecule has 0 saturated carbocycles. The maximum atomic E-state index is 12.3. The number of hydrogen-bond acceptors (Lipinski definition) is 3. The van der Waals surface area contributed by atoms with Crippen molar-refractivity contribution in [2.24, 2.45) is 0 Å². The van der Waals surface area contributed by atoms with Gasteiger partial charge in [0.2, 0.25) is 0 Å². The topological polar surface area (TPSA) is 59.0 Å². The molecule has 0 aliphatic rings. The Kier molecular flexibility index (Phi) is 5.37. The molecule has 5 nitrogen and oxygen atoms in total. The lowest BCUT2D eigenvalue weighted by molar-refractivity contribution is 0.0953.